The summed E-state index contributed by atoms with van der Waals surface area (Å²) in [7, 11) is 0. The zero-order valence-corrected chi connectivity index (χ0v) is 12.9. The summed E-state index contributed by atoms with van der Waals surface area (Å²) in [5.41, 5.74) is 6.52. The number of ether oxygens (including phenoxy) is 1. The molecule has 0 atom stereocenters. The summed E-state index contributed by atoms with van der Waals surface area (Å²) in [6, 6.07) is 3.07. The van der Waals surface area contributed by atoms with Gasteiger partial charge in [-0.1, -0.05) is 30.1 Å². The molecule has 0 radical (unpaired) electrons. The van der Waals surface area contributed by atoms with Crippen LogP contribution in [-0.4, -0.2) is 25.7 Å². The van der Waals surface area contributed by atoms with Crippen LogP contribution in [0.25, 0.3) is 0 Å². The Morgan fingerprint density at radius 1 is 1.40 bits per heavy atom. The zero-order valence-electron chi connectivity index (χ0n) is 11.3. The van der Waals surface area contributed by atoms with E-state index in [1.54, 1.807) is 0 Å². The topological polar surface area (TPSA) is 64.4 Å². The number of benzene rings is 1. The normalized spacial score (nSPS) is 17.8. The maximum absolute atomic E-state index is 12.1. The van der Waals surface area contributed by atoms with Crippen molar-refractivity contribution in [3.63, 3.8) is 0 Å². The molecule has 0 bridgehead atoms. The predicted molar refractivity (Wildman–Crippen MR) is 81.4 cm³/mol. The number of carbonyl (C=O) groups excluding carboxylic acids is 1. The van der Waals surface area contributed by atoms with Crippen molar-refractivity contribution < 1.29 is 9.53 Å². The molecule has 1 fully saturated rings. The molecule has 0 aromatic heterocycles. The molecule has 1 heterocycles. The highest BCUT2D eigenvalue weighted by Gasteiger charge is 2.28. The van der Waals surface area contributed by atoms with Gasteiger partial charge in [-0.25, -0.2) is 0 Å². The molecule has 1 amide bonds. The van der Waals surface area contributed by atoms with Gasteiger partial charge >= 0.3 is 0 Å². The molecule has 1 aromatic carbocycles. The van der Waals surface area contributed by atoms with E-state index in [2.05, 4.69) is 12.2 Å². The first kappa shape index (κ1) is 15.4. The summed E-state index contributed by atoms with van der Waals surface area (Å²) in [6.45, 7) is 4.24. The van der Waals surface area contributed by atoms with E-state index in [-0.39, 0.29) is 21.4 Å². The number of amides is 1. The Labute approximate surface area is 128 Å². The summed E-state index contributed by atoms with van der Waals surface area (Å²) in [5, 5.41) is 3.49. The molecule has 1 aliphatic rings. The number of anilines is 1. The molecule has 3 N–H and O–H groups in total. The van der Waals surface area contributed by atoms with Crippen LogP contribution in [0, 0.1) is 5.41 Å². The van der Waals surface area contributed by atoms with Gasteiger partial charge in [-0.2, -0.15) is 0 Å². The van der Waals surface area contributed by atoms with Gasteiger partial charge in [-0.15, -0.1) is 0 Å². The Bertz CT molecular complexity index is 491. The number of hydrogen-bond acceptors (Lipinski definition) is 3. The van der Waals surface area contributed by atoms with Gasteiger partial charge < -0.3 is 15.8 Å². The van der Waals surface area contributed by atoms with Gasteiger partial charge in [0, 0.05) is 25.3 Å². The van der Waals surface area contributed by atoms with Crippen molar-refractivity contribution >= 4 is 34.8 Å². The summed E-state index contributed by atoms with van der Waals surface area (Å²) in [6.07, 6.45) is 1.88. The number of rotatable bonds is 3. The molecule has 20 heavy (non-hydrogen) atoms. The van der Waals surface area contributed by atoms with E-state index in [9.17, 15) is 4.79 Å². The number of nitrogen functional groups attached to an aromatic ring is 1. The van der Waals surface area contributed by atoms with Crippen molar-refractivity contribution in [1.82, 2.24) is 5.32 Å². The van der Waals surface area contributed by atoms with E-state index < -0.39 is 0 Å². The van der Waals surface area contributed by atoms with Crippen molar-refractivity contribution in [2.75, 3.05) is 25.5 Å². The van der Waals surface area contributed by atoms with Crippen LogP contribution in [-0.2, 0) is 4.74 Å². The van der Waals surface area contributed by atoms with Crippen LogP contribution in [0.1, 0.15) is 30.1 Å². The fourth-order valence-corrected chi connectivity index (χ4v) is 2.51. The molecule has 2 rings (SSSR count). The predicted octanol–water partition coefficient (Wildman–Crippen LogP) is 3.12. The Hall–Kier alpha value is -0.970. The van der Waals surface area contributed by atoms with E-state index in [1.807, 2.05) is 0 Å². The van der Waals surface area contributed by atoms with Gasteiger partial charge in [-0.05, 0) is 30.4 Å². The first-order valence-electron chi connectivity index (χ1n) is 6.52. The lowest BCUT2D eigenvalue weighted by Gasteiger charge is -2.33. The summed E-state index contributed by atoms with van der Waals surface area (Å²) in [5.74, 6) is -0.192. The van der Waals surface area contributed by atoms with Crippen molar-refractivity contribution in [1.29, 1.82) is 0 Å². The SMILES string of the molecule is CC1(CNC(=O)c2cc(N)c(Cl)c(Cl)c2)CCOCC1. The molecule has 1 saturated heterocycles. The maximum atomic E-state index is 12.1. The second kappa shape index (κ2) is 6.20. The Kier molecular flexibility index (Phi) is 4.78. The van der Waals surface area contributed by atoms with Crippen LogP contribution in [0.4, 0.5) is 5.69 Å². The third-order valence-corrected chi connectivity index (χ3v) is 4.51. The standard InChI is InChI=1S/C14H18Cl2N2O2/c1-14(2-4-20-5-3-14)8-18-13(19)9-6-10(15)12(16)11(17)7-9/h6-7H,2-5,8,17H2,1H3,(H,18,19). The van der Waals surface area contributed by atoms with Crippen molar-refractivity contribution in [3.05, 3.63) is 27.7 Å². The molecule has 0 spiro atoms. The smallest absolute Gasteiger partial charge is 0.251 e. The number of nitrogens with two attached hydrogens (primary N) is 1. The molecular weight excluding hydrogens is 299 g/mol. The van der Waals surface area contributed by atoms with Crippen molar-refractivity contribution in [3.8, 4) is 0 Å². The highest BCUT2D eigenvalue weighted by Crippen LogP contribution is 2.30. The first-order valence-corrected chi connectivity index (χ1v) is 7.27. The van der Waals surface area contributed by atoms with Gasteiger partial charge in [0.05, 0.1) is 15.7 Å². The molecule has 4 nitrogen and oxygen atoms in total. The molecule has 1 aromatic rings. The third-order valence-electron chi connectivity index (χ3n) is 3.69. The van der Waals surface area contributed by atoms with Crippen LogP contribution in [0.15, 0.2) is 12.1 Å². The van der Waals surface area contributed by atoms with Gasteiger partial charge in [0.15, 0.2) is 0 Å². The first-order chi connectivity index (χ1) is 9.41. The Balaban J connectivity index is 2.01. The molecule has 1 aliphatic heterocycles. The molecule has 0 unspecified atom stereocenters. The molecule has 0 saturated carbocycles. The maximum Gasteiger partial charge on any atom is 0.251 e. The summed E-state index contributed by atoms with van der Waals surface area (Å²) < 4.78 is 5.34. The van der Waals surface area contributed by atoms with E-state index in [4.69, 9.17) is 33.7 Å². The van der Waals surface area contributed by atoms with Crippen molar-refractivity contribution in [2.45, 2.75) is 19.8 Å². The fraction of sp³-hybridized carbons (Fsp3) is 0.500. The van der Waals surface area contributed by atoms with Crippen LogP contribution in [0.5, 0.6) is 0 Å². The van der Waals surface area contributed by atoms with E-state index >= 15 is 0 Å². The van der Waals surface area contributed by atoms with Gasteiger partial charge in [0.2, 0.25) is 0 Å². The zero-order chi connectivity index (χ0) is 14.8. The molecule has 110 valence electrons. The number of nitrogens with one attached hydrogen (secondary N) is 1. The summed E-state index contributed by atoms with van der Waals surface area (Å²) >= 11 is 11.8. The largest absolute Gasteiger partial charge is 0.397 e. The lowest BCUT2D eigenvalue weighted by Crippen LogP contribution is -2.39. The second-order valence-electron chi connectivity index (χ2n) is 5.47. The molecular formula is C14H18Cl2N2O2. The molecule has 6 heteroatoms. The minimum Gasteiger partial charge on any atom is -0.397 e. The highest BCUT2D eigenvalue weighted by molar-refractivity contribution is 6.43. The second-order valence-corrected chi connectivity index (χ2v) is 6.25. The van der Waals surface area contributed by atoms with Crippen LogP contribution in [0.3, 0.4) is 0 Å². The van der Waals surface area contributed by atoms with Crippen LogP contribution >= 0.6 is 23.2 Å². The van der Waals surface area contributed by atoms with Crippen LogP contribution < -0.4 is 11.1 Å². The highest BCUT2D eigenvalue weighted by atomic mass is 35.5. The van der Waals surface area contributed by atoms with Gasteiger partial charge in [0.25, 0.3) is 5.91 Å². The monoisotopic (exact) mass is 316 g/mol. The average Bonchev–Trinajstić information content (AvgIpc) is 2.42. The number of carbonyl (C=O) groups is 1. The lowest BCUT2D eigenvalue weighted by atomic mass is 9.82. The Morgan fingerprint density at radius 3 is 2.65 bits per heavy atom. The van der Waals surface area contributed by atoms with Gasteiger partial charge in [-0.3, -0.25) is 4.79 Å². The van der Waals surface area contributed by atoms with Crippen LogP contribution in [0.2, 0.25) is 10.0 Å². The van der Waals surface area contributed by atoms with E-state index in [0.29, 0.717) is 17.8 Å². The van der Waals surface area contributed by atoms with Crippen molar-refractivity contribution in [2.24, 2.45) is 5.41 Å². The Morgan fingerprint density at radius 2 is 2.05 bits per heavy atom. The summed E-state index contributed by atoms with van der Waals surface area (Å²) in [4.78, 5) is 12.1. The number of halogens is 2. The van der Waals surface area contributed by atoms with E-state index in [1.165, 1.54) is 12.1 Å². The third kappa shape index (κ3) is 3.57. The fourth-order valence-electron chi connectivity index (χ4n) is 2.18. The minimum atomic E-state index is -0.192. The molecule has 0 aliphatic carbocycles. The lowest BCUT2D eigenvalue weighted by molar-refractivity contribution is 0.0238. The quantitative estimate of drug-likeness (QED) is 0.842. The minimum absolute atomic E-state index is 0.0790. The average molecular weight is 317 g/mol. The number of hydrogen-bond donors (Lipinski definition) is 2. The van der Waals surface area contributed by atoms with E-state index in [0.717, 1.165) is 26.1 Å². The van der Waals surface area contributed by atoms with Gasteiger partial charge in [0.1, 0.15) is 0 Å².